The van der Waals surface area contributed by atoms with Crippen molar-refractivity contribution in [3.63, 3.8) is 0 Å². The number of nitrogens with zero attached hydrogens (tertiary/aromatic N) is 1. The average molecular weight is 307 g/mol. The van der Waals surface area contributed by atoms with Gasteiger partial charge in [0.05, 0.1) is 12.1 Å². The minimum atomic E-state index is -2.29. The highest BCUT2D eigenvalue weighted by Crippen LogP contribution is 2.38. The fourth-order valence-corrected chi connectivity index (χ4v) is 2.77. The van der Waals surface area contributed by atoms with E-state index in [1.807, 2.05) is 0 Å². The van der Waals surface area contributed by atoms with Crippen LogP contribution >= 0.6 is 0 Å². The Morgan fingerprint density at radius 1 is 1.09 bits per heavy atom. The molecule has 1 saturated heterocycles. The Labute approximate surface area is 126 Å². The van der Waals surface area contributed by atoms with Crippen molar-refractivity contribution in [2.45, 2.75) is 30.2 Å². The van der Waals surface area contributed by atoms with E-state index in [0.29, 0.717) is 10.9 Å². The van der Waals surface area contributed by atoms with Gasteiger partial charge in [-0.05, 0) is 6.07 Å². The summed E-state index contributed by atoms with van der Waals surface area (Å²) < 4.78 is 5.32. The maximum absolute atomic E-state index is 10.8. The number of hydrogen-bond donors (Lipinski definition) is 5. The van der Waals surface area contributed by atoms with Crippen LogP contribution < -0.4 is 0 Å². The van der Waals surface area contributed by atoms with Gasteiger partial charge in [-0.25, -0.2) is 0 Å². The van der Waals surface area contributed by atoms with Crippen LogP contribution in [0.15, 0.2) is 36.5 Å². The molecule has 22 heavy (non-hydrogen) atoms. The lowest BCUT2D eigenvalue weighted by molar-refractivity contribution is -0.357. The van der Waals surface area contributed by atoms with Gasteiger partial charge in [0.25, 0.3) is 0 Å². The number of aliphatic hydroxyl groups is 5. The third-order valence-corrected chi connectivity index (χ3v) is 3.98. The number of ether oxygens (including phenoxy) is 1. The number of aromatic nitrogens is 1. The van der Waals surface area contributed by atoms with Crippen molar-refractivity contribution in [1.29, 1.82) is 0 Å². The van der Waals surface area contributed by atoms with Gasteiger partial charge < -0.3 is 30.3 Å². The van der Waals surface area contributed by atoms with Gasteiger partial charge in [-0.1, -0.05) is 24.3 Å². The molecular formula is C15H17NO6. The van der Waals surface area contributed by atoms with Crippen LogP contribution in [-0.4, -0.2) is 61.5 Å². The highest BCUT2D eigenvalue weighted by Gasteiger charge is 2.54. The Kier molecular flexibility index (Phi) is 3.85. The number of hydrogen-bond acceptors (Lipinski definition) is 7. The maximum Gasteiger partial charge on any atom is 0.224 e. The van der Waals surface area contributed by atoms with Crippen LogP contribution in [0, 0.1) is 0 Å². The molecule has 0 bridgehead atoms. The fraction of sp³-hybridized carbons (Fsp3) is 0.400. The van der Waals surface area contributed by atoms with E-state index in [2.05, 4.69) is 4.98 Å². The summed E-state index contributed by atoms with van der Waals surface area (Å²) in [5, 5.41) is 50.7. The lowest BCUT2D eigenvalue weighted by Crippen LogP contribution is -2.63. The summed E-state index contributed by atoms with van der Waals surface area (Å²) in [4.78, 5) is 4.17. The Morgan fingerprint density at radius 2 is 1.82 bits per heavy atom. The molecule has 5 atom stereocenters. The predicted molar refractivity (Wildman–Crippen MR) is 75.6 cm³/mol. The van der Waals surface area contributed by atoms with E-state index in [1.54, 1.807) is 24.3 Å². The third kappa shape index (κ3) is 2.19. The first kappa shape index (κ1) is 15.3. The van der Waals surface area contributed by atoms with Crippen molar-refractivity contribution < 1.29 is 30.3 Å². The van der Waals surface area contributed by atoms with Crippen LogP contribution in [0.2, 0.25) is 0 Å². The Bertz CT molecular complexity index is 673. The number of pyridine rings is 1. The Hall–Kier alpha value is -1.61. The van der Waals surface area contributed by atoms with Gasteiger partial charge in [-0.15, -0.1) is 0 Å². The average Bonchev–Trinajstić information content (AvgIpc) is 2.56. The minimum absolute atomic E-state index is 0.155. The molecule has 0 aliphatic carbocycles. The van der Waals surface area contributed by atoms with E-state index in [1.165, 1.54) is 12.3 Å². The van der Waals surface area contributed by atoms with Gasteiger partial charge in [0, 0.05) is 17.1 Å². The molecule has 1 aromatic heterocycles. The van der Waals surface area contributed by atoms with E-state index in [9.17, 15) is 25.5 Å². The summed E-state index contributed by atoms with van der Waals surface area (Å²) in [7, 11) is 0. The molecule has 1 unspecified atom stereocenters. The van der Waals surface area contributed by atoms with Crippen molar-refractivity contribution in [1.82, 2.24) is 4.98 Å². The van der Waals surface area contributed by atoms with Crippen LogP contribution in [0.5, 0.6) is 0 Å². The molecule has 1 aromatic carbocycles. The van der Waals surface area contributed by atoms with E-state index < -0.39 is 36.8 Å². The van der Waals surface area contributed by atoms with Gasteiger partial charge in [-0.3, -0.25) is 4.98 Å². The largest absolute Gasteiger partial charge is 0.394 e. The van der Waals surface area contributed by atoms with Crippen molar-refractivity contribution >= 4 is 10.9 Å². The lowest BCUT2D eigenvalue weighted by atomic mass is 9.87. The molecule has 118 valence electrons. The second-order valence-electron chi connectivity index (χ2n) is 5.34. The zero-order valence-corrected chi connectivity index (χ0v) is 11.6. The van der Waals surface area contributed by atoms with Crippen molar-refractivity contribution in [2.75, 3.05) is 6.61 Å². The molecule has 2 aromatic rings. The highest BCUT2D eigenvalue weighted by atomic mass is 16.7. The highest BCUT2D eigenvalue weighted by molar-refractivity contribution is 5.82. The molecule has 1 aliphatic rings. The second-order valence-corrected chi connectivity index (χ2v) is 5.34. The fourth-order valence-electron chi connectivity index (χ4n) is 2.77. The van der Waals surface area contributed by atoms with Crippen molar-refractivity contribution in [3.8, 4) is 0 Å². The zero-order chi connectivity index (χ0) is 15.9. The smallest absolute Gasteiger partial charge is 0.224 e. The summed E-state index contributed by atoms with van der Waals surface area (Å²) in [6.07, 6.45) is -4.68. The molecule has 0 amide bonds. The number of para-hydroxylation sites is 1. The predicted octanol–water partition coefficient (Wildman–Crippen LogP) is -1.15. The van der Waals surface area contributed by atoms with Gasteiger partial charge in [0.1, 0.15) is 24.4 Å². The number of aliphatic hydroxyl groups excluding tert-OH is 4. The molecule has 7 heteroatoms. The van der Waals surface area contributed by atoms with Crippen LogP contribution in [-0.2, 0) is 10.5 Å². The summed E-state index contributed by atoms with van der Waals surface area (Å²) in [5.74, 6) is -2.29. The molecule has 7 nitrogen and oxygen atoms in total. The molecule has 2 heterocycles. The maximum atomic E-state index is 10.8. The van der Waals surface area contributed by atoms with Crippen LogP contribution in [0.1, 0.15) is 5.56 Å². The van der Waals surface area contributed by atoms with Crippen LogP contribution in [0.25, 0.3) is 10.9 Å². The molecule has 0 radical (unpaired) electrons. The summed E-state index contributed by atoms with van der Waals surface area (Å²) in [6, 6.07) is 8.44. The van der Waals surface area contributed by atoms with Gasteiger partial charge in [0.15, 0.2) is 0 Å². The topological polar surface area (TPSA) is 123 Å². The monoisotopic (exact) mass is 307 g/mol. The number of rotatable bonds is 2. The molecular weight excluding hydrogens is 290 g/mol. The lowest BCUT2D eigenvalue weighted by Gasteiger charge is -2.45. The van der Waals surface area contributed by atoms with Crippen LogP contribution in [0.3, 0.4) is 0 Å². The van der Waals surface area contributed by atoms with Crippen molar-refractivity contribution in [3.05, 3.63) is 42.1 Å². The third-order valence-electron chi connectivity index (χ3n) is 3.98. The molecule has 1 aliphatic heterocycles. The second kappa shape index (κ2) is 5.54. The van der Waals surface area contributed by atoms with E-state index in [0.717, 1.165) is 0 Å². The van der Waals surface area contributed by atoms with Gasteiger partial charge in [0.2, 0.25) is 5.79 Å². The van der Waals surface area contributed by atoms with Gasteiger partial charge in [-0.2, -0.15) is 0 Å². The quantitative estimate of drug-likeness (QED) is 0.475. The SMILES string of the molecule is OC[C@H]1OC(O)(c2cccc3cccnc23)[C@H](O)[C@@H](O)[C@@H]1O. The van der Waals surface area contributed by atoms with E-state index in [-0.39, 0.29) is 5.56 Å². The van der Waals surface area contributed by atoms with E-state index in [4.69, 9.17) is 4.74 Å². The summed E-state index contributed by atoms with van der Waals surface area (Å²) in [5.41, 5.74) is 0.550. The molecule has 1 fully saturated rings. The molecule has 3 rings (SSSR count). The van der Waals surface area contributed by atoms with Crippen molar-refractivity contribution in [2.24, 2.45) is 0 Å². The van der Waals surface area contributed by atoms with Gasteiger partial charge >= 0.3 is 0 Å². The minimum Gasteiger partial charge on any atom is -0.394 e. The molecule has 0 saturated carbocycles. The first-order chi connectivity index (χ1) is 10.5. The first-order valence-electron chi connectivity index (χ1n) is 6.88. The van der Waals surface area contributed by atoms with Crippen LogP contribution in [0.4, 0.5) is 0 Å². The zero-order valence-electron chi connectivity index (χ0n) is 11.6. The standard InChI is InChI=1S/C15H17NO6/c17-7-10-12(18)13(19)14(20)15(21,22-10)9-5-1-3-8-4-2-6-16-11(8)9/h1-6,10,12-14,17-21H,7H2/t10-,12-,13+,14-,15?/m1/s1. The number of benzene rings is 1. The summed E-state index contributed by atoms with van der Waals surface area (Å²) >= 11 is 0. The number of fused-ring (bicyclic) bond motifs is 1. The Morgan fingerprint density at radius 3 is 2.55 bits per heavy atom. The summed E-state index contributed by atoms with van der Waals surface area (Å²) in [6.45, 7) is -0.620. The van der Waals surface area contributed by atoms with E-state index >= 15 is 0 Å². The molecule has 5 N–H and O–H groups in total. The normalized spacial score (nSPS) is 35.7. The first-order valence-corrected chi connectivity index (χ1v) is 6.88. The Balaban J connectivity index is 2.14. The molecule has 0 spiro atoms.